The normalized spacial score (nSPS) is 11.6. The van der Waals surface area contributed by atoms with E-state index < -0.39 is 0 Å². The molecule has 0 nitrogen and oxygen atoms in total. The standard InChI is InChI=1S/C23H30/c1-8-19-9-11-21(14-17(19)4)23(6,7)22-12-10-20(13-16(2)3)18(5)15-22/h9-12,14-15H,2,8,13H2,1,3-7H3. The summed E-state index contributed by atoms with van der Waals surface area (Å²) < 4.78 is 0. The van der Waals surface area contributed by atoms with Crippen LogP contribution >= 0.6 is 0 Å². The topological polar surface area (TPSA) is 0 Å². The summed E-state index contributed by atoms with van der Waals surface area (Å²) in [4.78, 5) is 0. The van der Waals surface area contributed by atoms with Crippen LogP contribution in [0.3, 0.4) is 0 Å². The first-order chi connectivity index (χ1) is 10.8. The molecule has 0 N–H and O–H groups in total. The lowest BCUT2D eigenvalue weighted by Crippen LogP contribution is -2.19. The molecule has 0 saturated carbocycles. The van der Waals surface area contributed by atoms with Crippen LogP contribution in [0, 0.1) is 13.8 Å². The van der Waals surface area contributed by atoms with E-state index in [9.17, 15) is 0 Å². The third-order valence-corrected chi connectivity index (χ3v) is 5.00. The summed E-state index contributed by atoms with van der Waals surface area (Å²) in [6, 6.07) is 13.8. The molecular weight excluding hydrogens is 276 g/mol. The molecule has 0 fully saturated rings. The van der Waals surface area contributed by atoms with Crippen molar-refractivity contribution < 1.29 is 0 Å². The minimum Gasteiger partial charge on any atom is -0.0998 e. The lowest BCUT2D eigenvalue weighted by Gasteiger charge is -2.28. The second-order valence-electron chi connectivity index (χ2n) is 7.39. The van der Waals surface area contributed by atoms with Crippen LogP contribution in [0.1, 0.15) is 61.1 Å². The first kappa shape index (κ1) is 17.5. The van der Waals surface area contributed by atoms with Gasteiger partial charge in [-0.25, -0.2) is 0 Å². The number of hydrogen-bond donors (Lipinski definition) is 0. The Morgan fingerprint density at radius 3 is 1.78 bits per heavy atom. The molecule has 0 aliphatic carbocycles. The van der Waals surface area contributed by atoms with E-state index in [0.29, 0.717) is 0 Å². The van der Waals surface area contributed by atoms with E-state index in [1.807, 2.05) is 0 Å². The van der Waals surface area contributed by atoms with Gasteiger partial charge in [0.15, 0.2) is 0 Å². The molecule has 0 heteroatoms. The summed E-state index contributed by atoms with van der Waals surface area (Å²) in [6.45, 7) is 17.4. The van der Waals surface area contributed by atoms with Gasteiger partial charge in [-0.05, 0) is 67.0 Å². The van der Waals surface area contributed by atoms with Crippen molar-refractivity contribution in [1.82, 2.24) is 0 Å². The van der Waals surface area contributed by atoms with Gasteiger partial charge in [-0.2, -0.15) is 0 Å². The van der Waals surface area contributed by atoms with Crippen LogP contribution in [-0.4, -0.2) is 0 Å². The molecular formula is C23H30. The average molecular weight is 306 g/mol. The van der Waals surface area contributed by atoms with Crippen molar-refractivity contribution in [2.75, 3.05) is 0 Å². The second kappa shape index (κ2) is 6.74. The molecule has 0 heterocycles. The second-order valence-corrected chi connectivity index (χ2v) is 7.39. The van der Waals surface area contributed by atoms with Crippen molar-refractivity contribution in [1.29, 1.82) is 0 Å². The minimum atomic E-state index is 0.0174. The summed E-state index contributed by atoms with van der Waals surface area (Å²) in [5.74, 6) is 0. The van der Waals surface area contributed by atoms with Crippen molar-refractivity contribution in [3.63, 3.8) is 0 Å². The maximum atomic E-state index is 4.04. The van der Waals surface area contributed by atoms with E-state index in [4.69, 9.17) is 0 Å². The fourth-order valence-electron chi connectivity index (χ4n) is 3.26. The monoisotopic (exact) mass is 306 g/mol. The van der Waals surface area contributed by atoms with Crippen LogP contribution in [-0.2, 0) is 18.3 Å². The third kappa shape index (κ3) is 3.75. The molecule has 23 heavy (non-hydrogen) atoms. The highest BCUT2D eigenvalue weighted by atomic mass is 14.3. The minimum absolute atomic E-state index is 0.0174. The zero-order valence-corrected chi connectivity index (χ0v) is 15.6. The molecule has 0 radical (unpaired) electrons. The third-order valence-electron chi connectivity index (χ3n) is 5.00. The van der Waals surface area contributed by atoms with Gasteiger partial charge < -0.3 is 0 Å². The van der Waals surface area contributed by atoms with Gasteiger partial charge in [0, 0.05) is 5.41 Å². The highest BCUT2D eigenvalue weighted by molar-refractivity contribution is 5.44. The largest absolute Gasteiger partial charge is 0.0998 e. The number of allylic oxidation sites excluding steroid dienone is 1. The highest BCUT2D eigenvalue weighted by Gasteiger charge is 2.24. The summed E-state index contributed by atoms with van der Waals surface area (Å²) in [6.07, 6.45) is 2.07. The first-order valence-electron chi connectivity index (χ1n) is 8.60. The smallest absolute Gasteiger partial charge is 0.0146 e. The molecule has 0 aliphatic heterocycles. The molecule has 0 bridgehead atoms. The predicted molar refractivity (Wildman–Crippen MR) is 102 cm³/mol. The molecule has 2 aromatic rings. The van der Waals surface area contributed by atoms with Crippen molar-refractivity contribution >= 4 is 0 Å². The molecule has 0 atom stereocenters. The van der Waals surface area contributed by atoms with Gasteiger partial charge >= 0.3 is 0 Å². The van der Waals surface area contributed by atoms with Gasteiger partial charge in [0.05, 0.1) is 0 Å². The maximum Gasteiger partial charge on any atom is 0.0146 e. The van der Waals surface area contributed by atoms with Gasteiger partial charge in [-0.3, -0.25) is 0 Å². The maximum absolute atomic E-state index is 4.04. The SMILES string of the molecule is C=C(C)Cc1ccc(C(C)(C)c2ccc(CC)c(C)c2)cc1C. The Hall–Kier alpha value is -1.82. The molecule has 0 saturated heterocycles. The fraction of sp³-hybridized carbons (Fsp3) is 0.391. The Balaban J connectivity index is 2.41. The van der Waals surface area contributed by atoms with E-state index in [0.717, 1.165) is 12.8 Å². The van der Waals surface area contributed by atoms with Crippen LogP contribution < -0.4 is 0 Å². The van der Waals surface area contributed by atoms with Gasteiger partial charge in [0.2, 0.25) is 0 Å². The zero-order valence-electron chi connectivity index (χ0n) is 15.6. The van der Waals surface area contributed by atoms with E-state index in [2.05, 4.69) is 84.5 Å². The Bertz CT molecular complexity index is 717. The lowest BCUT2D eigenvalue weighted by atomic mass is 9.76. The lowest BCUT2D eigenvalue weighted by molar-refractivity contribution is 0.638. The Labute approximate surface area is 142 Å². The first-order valence-corrected chi connectivity index (χ1v) is 8.60. The fourth-order valence-corrected chi connectivity index (χ4v) is 3.26. The van der Waals surface area contributed by atoms with Crippen molar-refractivity contribution in [2.45, 2.75) is 59.8 Å². The summed E-state index contributed by atoms with van der Waals surface area (Å²) in [7, 11) is 0. The Morgan fingerprint density at radius 1 is 0.913 bits per heavy atom. The van der Waals surface area contributed by atoms with Crippen molar-refractivity contribution in [3.8, 4) is 0 Å². The van der Waals surface area contributed by atoms with Crippen LogP contribution in [0.2, 0.25) is 0 Å². The molecule has 0 spiro atoms. The predicted octanol–water partition coefficient (Wildman–Crippen LogP) is 6.31. The van der Waals surface area contributed by atoms with Crippen LogP contribution in [0.5, 0.6) is 0 Å². The van der Waals surface area contributed by atoms with E-state index in [1.54, 1.807) is 0 Å². The summed E-state index contributed by atoms with van der Waals surface area (Å²) >= 11 is 0. The van der Waals surface area contributed by atoms with Gasteiger partial charge in [-0.15, -0.1) is 0 Å². The van der Waals surface area contributed by atoms with Crippen LogP contribution in [0.25, 0.3) is 0 Å². The van der Waals surface area contributed by atoms with Crippen molar-refractivity contribution in [3.05, 3.63) is 81.9 Å². The number of aryl methyl sites for hydroxylation is 3. The number of hydrogen-bond acceptors (Lipinski definition) is 0. The quantitative estimate of drug-likeness (QED) is 0.568. The highest BCUT2D eigenvalue weighted by Crippen LogP contribution is 2.33. The van der Waals surface area contributed by atoms with E-state index in [1.165, 1.54) is 39.0 Å². The van der Waals surface area contributed by atoms with Gasteiger partial charge in [0.1, 0.15) is 0 Å². The van der Waals surface area contributed by atoms with Crippen LogP contribution in [0.4, 0.5) is 0 Å². The van der Waals surface area contributed by atoms with E-state index >= 15 is 0 Å². The summed E-state index contributed by atoms with van der Waals surface area (Å²) in [5.41, 5.74) is 9.58. The average Bonchev–Trinajstić information content (AvgIpc) is 2.48. The molecule has 0 amide bonds. The number of rotatable bonds is 5. The molecule has 0 aromatic heterocycles. The molecule has 0 aliphatic rings. The Morgan fingerprint density at radius 2 is 1.39 bits per heavy atom. The molecule has 122 valence electrons. The molecule has 0 unspecified atom stereocenters. The van der Waals surface area contributed by atoms with Crippen LogP contribution in [0.15, 0.2) is 48.6 Å². The zero-order chi connectivity index (χ0) is 17.2. The Kier molecular flexibility index (Phi) is 5.14. The summed E-state index contributed by atoms with van der Waals surface area (Å²) in [5, 5.41) is 0. The van der Waals surface area contributed by atoms with Crippen molar-refractivity contribution in [2.24, 2.45) is 0 Å². The van der Waals surface area contributed by atoms with Gasteiger partial charge in [0.25, 0.3) is 0 Å². The molecule has 2 aromatic carbocycles. The molecule has 2 rings (SSSR count). The van der Waals surface area contributed by atoms with Gasteiger partial charge in [-0.1, -0.05) is 69.3 Å². The number of benzene rings is 2. The van der Waals surface area contributed by atoms with E-state index in [-0.39, 0.29) is 5.41 Å².